The van der Waals surface area contributed by atoms with Crippen LogP contribution >= 0.6 is 0 Å². The average Bonchev–Trinajstić information content (AvgIpc) is 2.16. The molecular weight excluding hydrogens is 217 g/mol. The van der Waals surface area contributed by atoms with Crippen LogP contribution in [0.1, 0.15) is 6.42 Å². The SMILES string of the molecule is N#CCC(=O)Nc1cc(F)cc([N+](=O)[O-])c1. The Kier molecular flexibility index (Phi) is 3.50. The molecule has 1 amide bonds. The van der Waals surface area contributed by atoms with Crippen molar-refractivity contribution in [2.75, 3.05) is 5.32 Å². The first kappa shape index (κ1) is 11.6. The van der Waals surface area contributed by atoms with Gasteiger partial charge in [0.1, 0.15) is 12.2 Å². The van der Waals surface area contributed by atoms with E-state index < -0.39 is 28.8 Å². The van der Waals surface area contributed by atoms with E-state index in [0.717, 1.165) is 18.2 Å². The van der Waals surface area contributed by atoms with Crippen LogP contribution in [0.2, 0.25) is 0 Å². The third kappa shape index (κ3) is 3.02. The van der Waals surface area contributed by atoms with Crippen molar-refractivity contribution in [1.82, 2.24) is 0 Å². The van der Waals surface area contributed by atoms with Crippen LogP contribution in [0.4, 0.5) is 15.8 Å². The smallest absolute Gasteiger partial charge is 0.274 e. The number of hydrogen-bond donors (Lipinski definition) is 1. The summed E-state index contributed by atoms with van der Waals surface area (Å²) in [6.45, 7) is 0. The van der Waals surface area contributed by atoms with E-state index in [0.29, 0.717) is 0 Å². The minimum absolute atomic E-state index is 0.0491. The molecule has 0 heterocycles. The maximum absolute atomic E-state index is 12.9. The van der Waals surface area contributed by atoms with Gasteiger partial charge in [-0.2, -0.15) is 5.26 Å². The minimum Gasteiger partial charge on any atom is -0.325 e. The lowest BCUT2D eigenvalue weighted by Crippen LogP contribution is -2.10. The van der Waals surface area contributed by atoms with Crippen molar-refractivity contribution in [3.05, 3.63) is 34.1 Å². The molecule has 16 heavy (non-hydrogen) atoms. The Balaban J connectivity index is 2.93. The zero-order chi connectivity index (χ0) is 12.1. The van der Waals surface area contributed by atoms with Crippen molar-refractivity contribution in [2.24, 2.45) is 0 Å². The molecule has 0 spiro atoms. The molecule has 1 aromatic rings. The van der Waals surface area contributed by atoms with Crippen molar-refractivity contribution in [3.63, 3.8) is 0 Å². The molecule has 0 aliphatic carbocycles. The van der Waals surface area contributed by atoms with Crippen LogP contribution in [0.15, 0.2) is 18.2 Å². The topological polar surface area (TPSA) is 96.0 Å². The number of nitrogens with zero attached hydrogens (tertiary/aromatic N) is 2. The number of anilines is 1. The maximum Gasteiger partial charge on any atom is 0.274 e. The number of nitro groups is 1. The van der Waals surface area contributed by atoms with Crippen LogP contribution in [0, 0.1) is 27.3 Å². The Bertz CT molecular complexity index is 481. The Hall–Kier alpha value is -2.49. The predicted molar refractivity (Wildman–Crippen MR) is 51.9 cm³/mol. The molecule has 0 atom stereocenters. The average molecular weight is 223 g/mol. The number of carbonyl (C=O) groups excluding carboxylic acids is 1. The van der Waals surface area contributed by atoms with Gasteiger partial charge in [0.25, 0.3) is 5.69 Å². The Labute approximate surface area is 89.4 Å². The molecular formula is C9H6FN3O3. The number of nitro benzene ring substituents is 1. The van der Waals surface area contributed by atoms with Crippen LogP contribution in [0.3, 0.4) is 0 Å². The molecule has 0 saturated heterocycles. The highest BCUT2D eigenvalue weighted by Gasteiger charge is 2.11. The summed E-state index contributed by atoms with van der Waals surface area (Å²) in [7, 11) is 0. The van der Waals surface area contributed by atoms with Gasteiger partial charge in [0.2, 0.25) is 5.91 Å². The van der Waals surface area contributed by atoms with Crippen LogP contribution < -0.4 is 5.32 Å². The normalized spacial score (nSPS) is 9.25. The molecule has 0 aliphatic heterocycles. The molecule has 82 valence electrons. The monoisotopic (exact) mass is 223 g/mol. The van der Waals surface area contributed by atoms with Gasteiger partial charge in [-0.1, -0.05) is 0 Å². The molecule has 0 radical (unpaired) electrons. The van der Waals surface area contributed by atoms with Crippen molar-refractivity contribution in [3.8, 4) is 6.07 Å². The highest BCUT2D eigenvalue weighted by Crippen LogP contribution is 2.19. The highest BCUT2D eigenvalue weighted by molar-refractivity contribution is 5.92. The number of benzene rings is 1. The van der Waals surface area contributed by atoms with Gasteiger partial charge >= 0.3 is 0 Å². The summed E-state index contributed by atoms with van der Waals surface area (Å²) < 4.78 is 12.9. The summed E-state index contributed by atoms with van der Waals surface area (Å²) >= 11 is 0. The van der Waals surface area contributed by atoms with E-state index in [1.807, 2.05) is 0 Å². The maximum atomic E-state index is 12.9. The zero-order valence-corrected chi connectivity index (χ0v) is 7.94. The third-order valence-corrected chi connectivity index (χ3v) is 1.62. The minimum atomic E-state index is -0.832. The molecule has 0 saturated carbocycles. The zero-order valence-electron chi connectivity index (χ0n) is 7.94. The number of carbonyl (C=O) groups is 1. The predicted octanol–water partition coefficient (Wildman–Crippen LogP) is 1.59. The first-order valence-corrected chi connectivity index (χ1v) is 4.14. The van der Waals surface area contributed by atoms with E-state index in [-0.39, 0.29) is 5.69 Å². The first-order valence-electron chi connectivity index (χ1n) is 4.14. The Morgan fingerprint density at radius 1 is 1.56 bits per heavy atom. The van der Waals surface area contributed by atoms with E-state index in [9.17, 15) is 19.3 Å². The third-order valence-electron chi connectivity index (χ3n) is 1.62. The molecule has 1 aromatic carbocycles. The fourth-order valence-corrected chi connectivity index (χ4v) is 1.03. The second-order valence-corrected chi connectivity index (χ2v) is 2.84. The van der Waals surface area contributed by atoms with Gasteiger partial charge in [-0.25, -0.2) is 4.39 Å². The van der Waals surface area contributed by atoms with E-state index in [2.05, 4.69) is 5.32 Å². The fourth-order valence-electron chi connectivity index (χ4n) is 1.03. The second kappa shape index (κ2) is 4.84. The molecule has 0 bridgehead atoms. The molecule has 0 aromatic heterocycles. The molecule has 0 unspecified atom stereocenters. The van der Waals surface area contributed by atoms with Gasteiger partial charge in [-0.15, -0.1) is 0 Å². The van der Waals surface area contributed by atoms with Crippen molar-refractivity contribution in [2.45, 2.75) is 6.42 Å². The van der Waals surface area contributed by atoms with Gasteiger partial charge in [-0.3, -0.25) is 14.9 Å². The van der Waals surface area contributed by atoms with Gasteiger partial charge in [0.05, 0.1) is 22.7 Å². The largest absolute Gasteiger partial charge is 0.325 e. The Morgan fingerprint density at radius 2 is 2.25 bits per heavy atom. The molecule has 0 aliphatic rings. The van der Waals surface area contributed by atoms with Crippen LogP contribution in [0.25, 0.3) is 0 Å². The summed E-state index contributed by atoms with van der Waals surface area (Å²) in [6.07, 6.45) is -0.399. The molecule has 0 fully saturated rings. The lowest BCUT2D eigenvalue weighted by atomic mass is 10.2. The van der Waals surface area contributed by atoms with Crippen molar-refractivity contribution in [1.29, 1.82) is 5.26 Å². The molecule has 7 heteroatoms. The number of nitrogens with one attached hydrogen (secondary N) is 1. The summed E-state index contributed by atoms with van der Waals surface area (Å²) in [5, 5.41) is 20.8. The molecule has 1 N–H and O–H groups in total. The molecule has 6 nitrogen and oxygen atoms in total. The number of non-ortho nitro benzene ring substituents is 1. The lowest BCUT2D eigenvalue weighted by molar-refractivity contribution is -0.385. The highest BCUT2D eigenvalue weighted by atomic mass is 19.1. The van der Waals surface area contributed by atoms with Gasteiger partial charge in [-0.05, 0) is 6.07 Å². The number of amides is 1. The lowest BCUT2D eigenvalue weighted by Gasteiger charge is -2.02. The summed E-state index contributed by atoms with van der Waals surface area (Å²) in [4.78, 5) is 20.6. The van der Waals surface area contributed by atoms with E-state index in [4.69, 9.17) is 5.26 Å². The summed E-state index contributed by atoms with van der Waals surface area (Å²) in [5.74, 6) is -1.48. The van der Waals surface area contributed by atoms with Gasteiger partial charge < -0.3 is 5.32 Å². The van der Waals surface area contributed by atoms with E-state index in [1.54, 1.807) is 6.07 Å². The van der Waals surface area contributed by atoms with Crippen molar-refractivity contribution >= 4 is 17.3 Å². The number of nitriles is 1. The van der Waals surface area contributed by atoms with Gasteiger partial charge in [0.15, 0.2) is 0 Å². The Morgan fingerprint density at radius 3 is 2.81 bits per heavy atom. The fraction of sp³-hybridized carbons (Fsp3) is 0.111. The first-order chi connectivity index (χ1) is 7.52. The number of halogens is 1. The summed E-state index contributed by atoms with van der Waals surface area (Å²) in [6, 6.07) is 4.28. The quantitative estimate of drug-likeness (QED) is 0.621. The standard InChI is InChI=1S/C9H6FN3O3/c10-6-3-7(12-9(14)1-2-11)5-8(4-6)13(15)16/h3-5H,1H2,(H,12,14). The molecule has 1 rings (SSSR count). The van der Waals surface area contributed by atoms with E-state index >= 15 is 0 Å². The number of hydrogen-bond acceptors (Lipinski definition) is 4. The van der Waals surface area contributed by atoms with E-state index in [1.165, 1.54) is 0 Å². The van der Waals surface area contributed by atoms with Crippen LogP contribution in [0.5, 0.6) is 0 Å². The van der Waals surface area contributed by atoms with Gasteiger partial charge in [0, 0.05) is 6.07 Å². The van der Waals surface area contributed by atoms with Crippen molar-refractivity contribution < 1.29 is 14.1 Å². The number of rotatable bonds is 3. The second-order valence-electron chi connectivity index (χ2n) is 2.84. The van der Waals surface area contributed by atoms with Crippen LogP contribution in [-0.2, 0) is 4.79 Å². The van der Waals surface area contributed by atoms with Crippen LogP contribution in [-0.4, -0.2) is 10.8 Å². The summed E-state index contributed by atoms with van der Waals surface area (Å²) in [5.41, 5.74) is -0.515.